The molecule has 1 aromatic rings. The Hall–Kier alpha value is -1.32. The summed E-state index contributed by atoms with van der Waals surface area (Å²) in [6.07, 6.45) is 4.36. The van der Waals surface area contributed by atoms with Crippen molar-refractivity contribution in [3.63, 3.8) is 0 Å². The van der Waals surface area contributed by atoms with Crippen LogP contribution in [0.15, 0.2) is 6.07 Å². The molecule has 0 unspecified atom stereocenters. The Morgan fingerprint density at radius 1 is 1.56 bits per heavy atom. The van der Waals surface area contributed by atoms with E-state index in [-0.39, 0.29) is 11.9 Å². The molecule has 0 atom stereocenters. The third-order valence-corrected chi connectivity index (χ3v) is 3.17. The molecular formula is C12H19N3O. The lowest BCUT2D eigenvalue weighted by atomic mass is 10.1. The molecule has 2 rings (SSSR count). The highest BCUT2D eigenvalue weighted by Crippen LogP contribution is 2.38. The van der Waals surface area contributed by atoms with Crippen molar-refractivity contribution < 1.29 is 4.79 Å². The van der Waals surface area contributed by atoms with Gasteiger partial charge in [-0.25, -0.2) is 0 Å². The molecule has 1 saturated carbocycles. The molecule has 1 amide bonds. The molecule has 4 nitrogen and oxygen atoms in total. The molecule has 0 bridgehead atoms. The predicted octanol–water partition coefficient (Wildman–Crippen LogP) is 2.21. The molecule has 1 aliphatic carbocycles. The number of nitrogens with one attached hydrogen (secondary N) is 2. The standard InChI is InChI=1S/C12H19N3O/c1-3-9(4-2)13-12(16)11-7-10(14-15-11)8-5-6-8/h7-9H,3-6H2,1-2H3,(H,13,16)(H,14,15). The van der Waals surface area contributed by atoms with Gasteiger partial charge < -0.3 is 5.32 Å². The second-order valence-electron chi connectivity index (χ2n) is 4.47. The number of carbonyl (C=O) groups excluding carboxylic acids is 1. The quantitative estimate of drug-likeness (QED) is 0.800. The summed E-state index contributed by atoms with van der Waals surface area (Å²) in [5, 5.41) is 9.99. The van der Waals surface area contributed by atoms with Gasteiger partial charge in [-0.05, 0) is 31.7 Å². The van der Waals surface area contributed by atoms with Crippen molar-refractivity contribution in [1.29, 1.82) is 0 Å². The highest BCUT2D eigenvalue weighted by molar-refractivity contribution is 5.92. The molecule has 1 heterocycles. The Balaban J connectivity index is 1.96. The van der Waals surface area contributed by atoms with Crippen molar-refractivity contribution in [1.82, 2.24) is 15.5 Å². The van der Waals surface area contributed by atoms with Gasteiger partial charge in [-0.3, -0.25) is 9.89 Å². The van der Waals surface area contributed by atoms with Crippen LogP contribution in [-0.4, -0.2) is 22.1 Å². The summed E-state index contributed by atoms with van der Waals surface area (Å²) in [5.41, 5.74) is 1.63. The van der Waals surface area contributed by atoms with Crippen LogP contribution >= 0.6 is 0 Å². The van der Waals surface area contributed by atoms with Crippen LogP contribution < -0.4 is 5.32 Å². The number of amides is 1. The van der Waals surface area contributed by atoms with Gasteiger partial charge in [0.25, 0.3) is 5.91 Å². The maximum Gasteiger partial charge on any atom is 0.271 e. The summed E-state index contributed by atoms with van der Waals surface area (Å²) in [4.78, 5) is 11.8. The largest absolute Gasteiger partial charge is 0.348 e. The number of hydrogen-bond acceptors (Lipinski definition) is 2. The first kappa shape index (κ1) is 11.2. The van der Waals surface area contributed by atoms with Gasteiger partial charge in [0, 0.05) is 17.7 Å². The van der Waals surface area contributed by atoms with Crippen LogP contribution in [0.1, 0.15) is 61.6 Å². The van der Waals surface area contributed by atoms with E-state index in [2.05, 4.69) is 29.4 Å². The number of aromatic nitrogens is 2. The van der Waals surface area contributed by atoms with Crippen LogP contribution in [0.3, 0.4) is 0 Å². The summed E-state index contributed by atoms with van der Waals surface area (Å²) in [5.74, 6) is 0.555. The average molecular weight is 221 g/mol. The molecule has 1 fully saturated rings. The zero-order valence-electron chi connectivity index (χ0n) is 9.92. The van der Waals surface area contributed by atoms with Crippen LogP contribution in [0.25, 0.3) is 0 Å². The van der Waals surface area contributed by atoms with Crippen molar-refractivity contribution in [3.05, 3.63) is 17.5 Å². The van der Waals surface area contributed by atoms with E-state index in [4.69, 9.17) is 0 Å². The monoisotopic (exact) mass is 221 g/mol. The summed E-state index contributed by atoms with van der Waals surface area (Å²) in [6.45, 7) is 4.16. The Labute approximate surface area is 95.8 Å². The molecule has 0 spiro atoms. The van der Waals surface area contributed by atoms with Crippen LogP contribution in [0, 0.1) is 0 Å². The van der Waals surface area contributed by atoms with E-state index < -0.39 is 0 Å². The lowest BCUT2D eigenvalue weighted by molar-refractivity contribution is 0.0930. The van der Waals surface area contributed by atoms with Crippen LogP contribution in [0.2, 0.25) is 0 Å². The first-order valence-electron chi connectivity index (χ1n) is 6.10. The SMILES string of the molecule is CCC(CC)NC(=O)c1cc(C2CC2)[nH]n1. The smallest absolute Gasteiger partial charge is 0.271 e. The molecular weight excluding hydrogens is 202 g/mol. The second kappa shape index (κ2) is 4.68. The van der Waals surface area contributed by atoms with E-state index in [1.165, 1.54) is 12.8 Å². The summed E-state index contributed by atoms with van der Waals surface area (Å²) < 4.78 is 0. The average Bonchev–Trinajstić information content (AvgIpc) is 3.03. The fraction of sp³-hybridized carbons (Fsp3) is 0.667. The lowest BCUT2D eigenvalue weighted by Crippen LogP contribution is -2.34. The molecule has 2 N–H and O–H groups in total. The Morgan fingerprint density at radius 2 is 2.25 bits per heavy atom. The first-order chi connectivity index (χ1) is 7.74. The van der Waals surface area contributed by atoms with Gasteiger partial charge in [-0.1, -0.05) is 13.8 Å². The van der Waals surface area contributed by atoms with Crippen molar-refractivity contribution in [2.24, 2.45) is 0 Å². The number of carbonyl (C=O) groups is 1. The van der Waals surface area contributed by atoms with E-state index in [0.717, 1.165) is 18.5 Å². The van der Waals surface area contributed by atoms with Gasteiger partial charge in [0.2, 0.25) is 0 Å². The maximum absolute atomic E-state index is 11.8. The predicted molar refractivity (Wildman–Crippen MR) is 62.4 cm³/mol. The van der Waals surface area contributed by atoms with Gasteiger partial charge in [0.1, 0.15) is 5.69 Å². The summed E-state index contributed by atoms with van der Waals surface area (Å²) in [7, 11) is 0. The number of aromatic amines is 1. The van der Waals surface area contributed by atoms with Gasteiger partial charge in [-0.2, -0.15) is 5.10 Å². The minimum atomic E-state index is -0.0585. The molecule has 0 aliphatic heterocycles. The van der Waals surface area contributed by atoms with Crippen LogP contribution in [0.4, 0.5) is 0 Å². The van der Waals surface area contributed by atoms with Crippen LogP contribution in [0.5, 0.6) is 0 Å². The van der Waals surface area contributed by atoms with Gasteiger partial charge in [-0.15, -0.1) is 0 Å². The van der Waals surface area contributed by atoms with Gasteiger partial charge in [0.05, 0.1) is 0 Å². The van der Waals surface area contributed by atoms with E-state index in [1.54, 1.807) is 0 Å². The molecule has 0 radical (unpaired) electrons. The lowest BCUT2D eigenvalue weighted by Gasteiger charge is -2.13. The maximum atomic E-state index is 11.8. The Bertz CT molecular complexity index is 364. The molecule has 0 saturated heterocycles. The van der Waals surface area contributed by atoms with Crippen LogP contribution in [-0.2, 0) is 0 Å². The topological polar surface area (TPSA) is 57.8 Å². The molecule has 1 aliphatic rings. The molecule has 4 heteroatoms. The number of nitrogens with zero attached hydrogens (tertiary/aromatic N) is 1. The van der Waals surface area contributed by atoms with Crippen molar-refractivity contribution in [2.75, 3.05) is 0 Å². The van der Waals surface area contributed by atoms with E-state index in [9.17, 15) is 4.79 Å². The molecule has 0 aromatic carbocycles. The summed E-state index contributed by atoms with van der Waals surface area (Å²) >= 11 is 0. The molecule has 1 aromatic heterocycles. The molecule has 16 heavy (non-hydrogen) atoms. The minimum Gasteiger partial charge on any atom is -0.348 e. The third kappa shape index (κ3) is 2.43. The van der Waals surface area contributed by atoms with E-state index in [1.807, 2.05) is 6.07 Å². The van der Waals surface area contributed by atoms with Crippen molar-refractivity contribution in [3.8, 4) is 0 Å². The number of hydrogen-bond donors (Lipinski definition) is 2. The fourth-order valence-corrected chi connectivity index (χ4v) is 1.81. The number of H-pyrrole nitrogens is 1. The van der Waals surface area contributed by atoms with E-state index >= 15 is 0 Å². The normalized spacial score (nSPS) is 15.4. The Kier molecular flexibility index (Phi) is 3.27. The molecule has 88 valence electrons. The summed E-state index contributed by atoms with van der Waals surface area (Å²) in [6, 6.07) is 2.14. The van der Waals surface area contributed by atoms with E-state index in [0.29, 0.717) is 11.6 Å². The first-order valence-corrected chi connectivity index (χ1v) is 6.10. The van der Waals surface area contributed by atoms with Gasteiger partial charge >= 0.3 is 0 Å². The van der Waals surface area contributed by atoms with Gasteiger partial charge in [0.15, 0.2) is 0 Å². The zero-order valence-corrected chi connectivity index (χ0v) is 9.92. The number of rotatable bonds is 5. The second-order valence-corrected chi connectivity index (χ2v) is 4.47. The minimum absolute atomic E-state index is 0.0585. The Morgan fingerprint density at radius 3 is 2.81 bits per heavy atom. The third-order valence-electron chi connectivity index (χ3n) is 3.17. The zero-order chi connectivity index (χ0) is 11.5. The van der Waals surface area contributed by atoms with Crippen molar-refractivity contribution in [2.45, 2.75) is 51.5 Å². The highest BCUT2D eigenvalue weighted by Gasteiger charge is 2.26. The fourth-order valence-electron chi connectivity index (χ4n) is 1.81. The highest BCUT2D eigenvalue weighted by atomic mass is 16.2. The van der Waals surface area contributed by atoms with Crippen molar-refractivity contribution >= 4 is 5.91 Å².